The largest absolute Gasteiger partial charge is 0.508 e. The van der Waals surface area contributed by atoms with Crippen LogP contribution in [0.25, 0.3) is 0 Å². The second-order valence-electron chi connectivity index (χ2n) is 24.5. The Bertz CT molecular complexity index is 4260. The Morgan fingerprint density at radius 1 is 0.615 bits per heavy atom. The molecule has 0 aliphatic carbocycles. The van der Waals surface area contributed by atoms with Crippen LogP contribution >= 0.6 is 0 Å². The summed E-state index contributed by atoms with van der Waals surface area (Å²) in [6.45, 7) is 13.7. The number of benzene rings is 1. The van der Waals surface area contributed by atoms with Crippen LogP contribution in [0, 0.1) is 40.0 Å². The minimum atomic E-state index is -3.96. The molecule has 0 unspecified atom stereocenters. The molecule has 0 spiro atoms. The third kappa shape index (κ3) is 19.4. The summed E-state index contributed by atoms with van der Waals surface area (Å²) in [6.07, 6.45) is -0.838. The third-order valence-electron chi connectivity index (χ3n) is 14.5. The molecule has 0 bridgehead atoms. The molecule has 9 atom stereocenters. The van der Waals surface area contributed by atoms with Crippen LogP contribution in [0.5, 0.6) is 0 Å². The lowest BCUT2D eigenvalue weighted by Gasteiger charge is -2.20. The minimum absolute atomic E-state index is 0.0241. The number of ether oxygens (including phenoxy) is 7. The average Bonchev–Trinajstić information content (AvgIpc) is 1.51. The number of carbonyl (C=O) groups is 2. The van der Waals surface area contributed by atoms with Crippen molar-refractivity contribution in [1.82, 2.24) is 57.4 Å². The monoisotopic (exact) mass is 1380 g/mol. The fraction of sp³-hybridized carbons (Fsp3) is 0.567. The molecule has 3 aliphatic rings. The van der Waals surface area contributed by atoms with Crippen molar-refractivity contribution in [3.05, 3.63) is 151 Å². The van der Waals surface area contributed by atoms with Gasteiger partial charge in [-0.2, -0.15) is 8.42 Å². The van der Waals surface area contributed by atoms with Crippen molar-refractivity contribution in [3.63, 3.8) is 0 Å². The molecule has 8 heterocycles. The summed E-state index contributed by atoms with van der Waals surface area (Å²) < 4.78 is 130. The van der Waals surface area contributed by atoms with Gasteiger partial charge < -0.3 is 38.3 Å². The Kier molecular flexibility index (Phi) is 24.7. The molecule has 0 saturated carbocycles. The number of aryl methyl sites for hydroxylation is 5. The van der Waals surface area contributed by atoms with E-state index < -0.39 is 143 Å². The Morgan fingerprint density at radius 3 is 1.39 bits per heavy atom. The van der Waals surface area contributed by atoms with Gasteiger partial charge in [0.25, 0.3) is 26.8 Å². The van der Waals surface area contributed by atoms with E-state index in [1.807, 2.05) is 6.92 Å². The topological polar surface area (TPSA) is 356 Å². The van der Waals surface area contributed by atoms with E-state index in [2.05, 4.69) is 26.5 Å². The van der Waals surface area contributed by atoms with E-state index in [-0.39, 0.29) is 92.5 Å². The SMILES string of the molecule is C#CCn1c(=O)c(C)cn([C@H]2C[C@H](F)[C@@H](COC(=O)OC(C)(C)C)O2)c1=O.Cc1ccc(S(=O)(=O)OCCn2cc(Cn3c(=O)c(C)cn([C@H]4C[C@H](F)[C@@H](COC(=O)OC(C)(C)C)O4)c3=O)nn2)cc1.Cc1cn([C@H]2C[C@H](F)[C@@H](CO)O2)c(=O)n(Cc2cn(CC[18F])nn2)c1=O. The van der Waals surface area contributed by atoms with Crippen LogP contribution in [-0.4, -0.2) is 164 Å². The van der Waals surface area contributed by atoms with Gasteiger partial charge in [-0.3, -0.25) is 41.4 Å². The van der Waals surface area contributed by atoms with Gasteiger partial charge in [0, 0.05) is 54.5 Å². The highest BCUT2D eigenvalue weighted by Crippen LogP contribution is 2.33. The lowest BCUT2D eigenvalue weighted by atomic mass is 10.2. The Morgan fingerprint density at radius 2 is 1.00 bits per heavy atom. The van der Waals surface area contributed by atoms with E-state index in [1.54, 1.807) is 53.7 Å². The van der Waals surface area contributed by atoms with Crippen LogP contribution in [-0.2, 0) is 80.2 Å². The third-order valence-corrected chi connectivity index (χ3v) is 15.8. The van der Waals surface area contributed by atoms with Crippen molar-refractivity contribution in [2.75, 3.05) is 33.1 Å². The van der Waals surface area contributed by atoms with Crippen molar-refractivity contribution in [2.45, 2.75) is 193 Å². The first-order valence-corrected chi connectivity index (χ1v) is 31.4. The summed E-state index contributed by atoms with van der Waals surface area (Å²) >= 11 is 0. The van der Waals surface area contributed by atoms with Crippen LogP contribution in [0.3, 0.4) is 0 Å². The smallest absolute Gasteiger partial charge is 0.431 e. The maximum absolute atomic E-state index is 14.8. The number of halogens is 4. The molecule has 3 saturated heterocycles. The summed E-state index contributed by atoms with van der Waals surface area (Å²) in [5.41, 5.74) is -3.03. The van der Waals surface area contributed by atoms with Gasteiger partial charge >= 0.3 is 29.4 Å². The number of hydrogen-bond donors (Lipinski definition) is 1. The first-order chi connectivity index (χ1) is 45.1. The molecular weight excluding hydrogens is 1300 g/mol. The van der Waals surface area contributed by atoms with E-state index in [0.717, 1.165) is 33.0 Å². The number of alkyl halides is 4. The first kappa shape index (κ1) is 74.5. The van der Waals surface area contributed by atoms with Crippen molar-refractivity contribution in [2.24, 2.45) is 0 Å². The molecular formula is C60H76F4N12O19S. The second-order valence-corrected chi connectivity index (χ2v) is 26.1. The van der Waals surface area contributed by atoms with Crippen LogP contribution in [0.1, 0.15) is 113 Å². The fourth-order valence-corrected chi connectivity index (χ4v) is 10.7. The van der Waals surface area contributed by atoms with Gasteiger partial charge in [-0.1, -0.05) is 34.0 Å². The minimum Gasteiger partial charge on any atom is -0.431 e. The molecule has 6 aromatic rings. The Hall–Kier alpha value is -8.89. The molecule has 96 heavy (non-hydrogen) atoms. The summed E-state index contributed by atoms with van der Waals surface area (Å²) in [5.74, 6) is 2.24. The molecule has 5 aromatic heterocycles. The number of aliphatic hydroxyl groups excluding tert-OH is 1. The molecule has 36 heteroatoms. The fourth-order valence-electron chi connectivity index (χ4n) is 9.77. The van der Waals surface area contributed by atoms with Crippen molar-refractivity contribution in [3.8, 4) is 12.3 Å². The van der Waals surface area contributed by atoms with Gasteiger partial charge in [-0.15, -0.1) is 16.6 Å². The van der Waals surface area contributed by atoms with E-state index >= 15 is 0 Å². The van der Waals surface area contributed by atoms with Crippen molar-refractivity contribution < 1.29 is 78.0 Å². The molecule has 1 aromatic carbocycles. The van der Waals surface area contributed by atoms with E-state index in [1.165, 1.54) is 73.3 Å². The second kappa shape index (κ2) is 31.8. The predicted molar refractivity (Wildman–Crippen MR) is 328 cm³/mol. The number of carbonyl (C=O) groups excluding carboxylic acids is 2. The maximum atomic E-state index is 14.8. The number of aromatic nitrogens is 12. The van der Waals surface area contributed by atoms with E-state index in [0.29, 0.717) is 5.69 Å². The highest BCUT2D eigenvalue weighted by molar-refractivity contribution is 7.86. The average molecular weight is 1380 g/mol. The zero-order chi connectivity index (χ0) is 70.7. The summed E-state index contributed by atoms with van der Waals surface area (Å²) in [4.78, 5) is 99.2. The Labute approximate surface area is 545 Å². The van der Waals surface area contributed by atoms with E-state index in [4.69, 9.17) is 48.9 Å². The summed E-state index contributed by atoms with van der Waals surface area (Å²) in [6, 6.07) is 6.23. The standard InChI is InChI=1S/C27H34FN5O9S.C18H23FN2O6.C15H19F2N5O4/c1-17-6-8-20(9-7-17)43(37,38)40-11-10-31-14-19(29-30-31)15-33-24(34)18(2)13-32(25(33)35)23-12-21(28)22(41-23)16-39-26(36)42-27(3,4)5;1-6-7-20-15(22)11(2)9-21(16(20)23)14-8-12(19)13(26-14)10-25-17(24)27-18(3,4)5;1-9-5-21(13-4-11(17)12(8-23)26-13)15(25)22(14(9)24)7-10-6-20(3-2-16)19-18-10/h6-9,13-14,21-23H,10-12,15-16H2,1-5H3;1,9,12-14H,7-8,10H2,2-5H3;5-6,11-13,23H,2-4,7-8H2,1H3/t21-,22+,23+;12-,13+,14+;11-,12+,13+/m000/s1/i;;16-1. The van der Waals surface area contributed by atoms with Crippen molar-refractivity contribution in [1.29, 1.82) is 0 Å². The predicted octanol–water partition coefficient (Wildman–Crippen LogP) is 3.32. The number of nitrogens with zero attached hydrogens (tertiary/aromatic N) is 12. The summed E-state index contributed by atoms with van der Waals surface area (Å²) in [7, 11) is -3.96. The van der Waals surface area contributed by atoms with Gasteiger partial charge in [-0.05, 0) is 81.4 Å². The highest BCUT2D eigenvalue weighted by Gasteiger charge is 2.41. The molecule has 1 N–H and O–H groups in total. The first-order valence-electron chi connectivity index (χ1n) is 30.0. The molecule has 524 valence electrons. The number of terminal acetylenes is 1. The number of hydrogen-bond acceptors (Lipinski definition) is 23. The van der Waals surface area contributed by atoms with Gasteiger partial charge in [0.05, 0.1) is 63.2 Å². The molecule has 31 nitrogen and oxygen atoms in total. The van der Waals surface area contributed by atoms with Gasteiger partial charge in [0.1, 0.15) is 98.0 Å². The van der Waals surface area contributed by atoms with Gasteiger partial charge in [-0.25, -0.2) is 55.5 Å². The van der Waals surface area contributed by atoms with E-state index in [9.17, 15) is 64.3 Å². The zero-order valence-electron chi connectivity index (χ0n) is 54.2. The van der Waals surface area contributed by atoms with Gasteiger partial charge in [0.2, 0.25) is 0 Å². The zero-order valence-corrected chi connectivity index (χ0v) is 55.1. The van der Waals surface area contributed by atoms with Crippen LogP contribution in [0.15, 0.2) is 88.9 Å². The summed E-state index contributed by atoms with van der Waals surface area (Å²) in [5, 5.41) is 24.5. The molecule has 0 amide bonds. The maximum Gasteiger partial charge on any atom is 0.508 e. The quantitative estimate of drug-likeness (QED) is 0.0496. The normalized spacial score (nSPS) is 21.0. The van der Waals surface area contributed by atoms with Crippen LogP contribution in [0.2, 0.25) is 0 Å². The lowest BCUT2D eigenvalue weighted by Crippen LogP contribution is -2.42. The molecule has 0 radical (unpaired) electrons. The lowest BCUT2D eigenvalue weighted by molar-refractivity contribution is -0.0628. The van der Waals surface area contributed by atoms with Crippen LogP contribution < -0.4 is 33.7 Å². The van der Waals surface area contributed by atoms with Gasteiger partial charge in [0.15, 0.2) is 0 Å². The van der Waals surface area contributed by atoms with Crippen molar-refractivity contribution >= 4 is 22.4 Å². The number of aliphatic hydroxyl groups is 1. The molecule has 9 rings (SSSR count). The number of rotatable bonds is 20. The highest BCUT2D eigenvalue weighted by atomic mass is 32.2. The van der Waals surface area contributed by atoms with Crippen LogP contribution in [0.4, 0.5) is 27.2 Å². The Balaban J connectivity index is 0.000000213. The molecule has 3 aliphatic heterocycles. The molecule has 3 fully saturated rings.